The van der Waals surface area contributed by atoms with E-state index in [-0.39, 0.29) is 64.6 Å². The van der Waals surface area contributed by atoms with Gasteiger partial charge in [0, 0.05) is 6.61 Å². The second-order valence-corrected chi connectivity index (χ2v) is 2.23. The normalized spacial score (nSPS) is 9.50. The minimum absolute atomic E-state index is 0. The molecule has 0 heterocycles. The smallest absolute Gasteiger partial charge is 0.548 e. The fourth-order valence-electron chi connectivity index (χ4n) is 0.638. The Labute approximate surface area is 127 Å². The first kappa shape index (κ1) is 17.4. The van der Waals surface area contributed by atoms with Gasteiger partial charge in [-0.1, -0.05) is 0 Å². The van der Waals surface area contributed by atoms with E-state index in [9.17, 15) is 9.90 Å². The standard InChI is InChI=1S/C8H16O5.K/c1-2-11-3-4-12-5-6-13-7-8(9)10;/h2-7H2,1H3,(H,9,10);/q;+1/p-1. The van der Waals surface area contributed by atoms with Crippen molar-refractivity contribution in [1.82, 2.24) is 0 Å². The van der Waals surface area contributed by atoms with E-state index >= 15 is 0 Å². The number of ether oxygens (including phenoxy) is 3. The summed E-state index contributed by atoms with van der Waals surface area (Å²) in [7, 11) is 0. The number of aliphatic carboxylic acids is 1. The first-order chi connectivity index (χ1) is 6.27. The third kappa shape index (κ3) is 15.5. The molecule has 0 fully saturated rings. The van der Waals surface area contributed by atoms with Crippen LogP contribution in [-0.2, 0) is 19.0 Å². The van der Waals surface area contributed by atoms with Crippen molar-refractivity contribution in [3.63, 3.8) is 0 Å². The second kappa shape index (κ2) is 14.0. The molecule has 6 heteroatoms. The minimum atomic E-state index is -1.21. The summed E-state index contributed by atoms with van der Waals surface area (Å²) < 4.78 is 14.7. The molecule has 0 unspecified atom stereocenters. The van der Waals surface area contributed by atoms with Crippen molar-refractivity contribution in [3.8, 4) is 0 Å². The molecule has 0 amide bonds. The number of carboxylic acids is 1. The van der Waals surface area contributed by atoms with Crippen LogP contribution in [0, 0.1) is 0 Å². The zero-order valence-corrected chi connectivity index (χ0v) is 11.9. The molecule has 0 aliphatic rings. The van der Waals surface area contributed by atoms with Crippen molar-refractivity contribution < 1.29 is 75.5 Å². The average Bonchev–Trinajstić information content (AvgIpc) is 2.09. The van der Waals surface area contributed by atoms with Crippen LogP contribution in [0.3, 0.4) is 0 Å². The maximum Gasteiger partial charge on any atom is 1.00 e. The molecular formula is C8H15KO5. The van der Waals surface area contributed by atoms with Gasteiger partial charge in [-0.25, -0.2) is 0 Å². The fourth-order valence-corrected chi connectivity index (χ4v) is 0.638. The van der Waals surface area contributed by atoms with Crippen molar-refractivity contribution in [3.05, 3.63) is 0 Å². The van der Waals surface area contributed by atoms with Gasteiger partial charge in [-0.2, -0.15) is 0 Å². The molecule has 0 aromatic rings. The van der Waals surface area contributed by atoms with Gasteiger partial charge >= 0.3 is 51.4 Å². The molecule has 0 rings (SSSR count). The molecule has 0 spiro atoms. The van der Waals surface area contributed by atoms with Crippen LogP contribution in [0.1, 0.15) is 6.92 Å². The van der Waals surface area contributed by atoms with E-state index in [0.717, 1.165) is 0 Å². The van der Waals surface area contributed by atoms with Crippen LogP contribution < -0.4 is 56.5 Å². The average molecular weight is 230 g/mol. The molecule has 0 aliphatic heterocycles. The summed E-state index contributed by atoms with van der Waals surface area (Å²) in [4.78, 5) is 9.88. The Morgan fingerprint density at radius 3 is 2.07 bits per heavy atom. The predicted octanol–water partition coefficient (Wildman–Crippen LogP) is -4.19. The van der Waals surface area contributed by atoms with Crippen molar-refractivity contribution >= 4 is 5.97 Å². The molecular weight excluding hydrogens is 215 g/mol. The van der Waals surface area contributed by atoms with Crippen LogP contribution >= 0.6 is 0 Å². The Kier molecular flexibility index (Phi) is 17.4. The molecule has 0 saturated heterocycles. The molecule has 0 atom stereocenters. The number of carboxylic acid groups (broad SMARTS) is 1. The molecule has 78 valence electrons. The number of hydrogen-bond donors (Lipinski definition) is 0. The zero-order valence-electron chi connectivity index (χ0n) is 8.78. The summed E-state index contributed by atoms with van der Waals surface area (Å²) in [6.45, 7) is 3.89. The van der Waals surface area contributed by atoms with E-state index in [1.54, 1.807) is 0 Å². The van der Waals surface area contributed by atoms with E-state index in [0.29, 0.717) is 26.4 Å². The molecule has 0 saturated carbocycles. The number of carbonyl (C=O) groups is 1. The summed E-state index contributed by atoms with van der Waals surface area (Å²) in [6, 6.07) is 0. The molecule has 0 N–H and O–H groups in total. The number of hydrogen-bond acceptors (Lipinski definition) is 5. The molecule has 0 aromatic heterocycles. The van der Waals surface area contributed by atoms with Crippen LogP contribution in [0.4, 0.5) is 0 Å². The Balaban J connectivity index is 0. The van der Waals surface area contributed by atoms with Gasteiger partial charge in [-0.3, -0.25) is 0 Å². The molecule has 5 nitrogen and oxygen atoms in total. The van der Waals surface area contributed by atoms with Crippen molar-refractivity contribution in [2.75, 3.05) is 39.6 Å². The molecule has 0 bridgehead atoms. The van der Waals surface area contributed by atoms with E-state index in [2.05, 4.69) is 4.74 Å². The molecule has 0 aliphatic carbocycles. The summed E-state index contributed by atoms with van der Waals surface area (Å²) >= 11 is 0. The Morgan fingerprint density at radius 1 is 1.07 bits per heavy atom. The van der Waals surface area contributed by atoms with Crippen molar-refractivity contribution in [1.29, 1.82) is 0 Å². The van der Waals surface area contributed by atoms with Crippen LogP contribution in [0.5, 0.6) is 0 Å². The fraction of sp³-hybridized carbons (Fsp3) is 0.875. The first-order valence-electron chi connectivity index (χ1n) is 4.20. The van der Waals surface area contributed by atoms with Gasteiger partial charge in [0.1, 0.15) is 0 Å². The van der Waals surface area contributed by atoms with E-state index in [4.69, 9.17) is 9.47 Å². The Hall–Kier alpha value is 0.986. The SMILES string of the molecule is CCOCCOCCOCC(=O)[O-].[K+]. The second-order valence-electron chi connectivity index (χ2n) is 2.23. The minimum Gasteiger partial charge on any atom is -0.548 e. The van der Waals surface area contributed by atoms with Gasteiger partial charge in [0.2, 0.25) is 0 Å². The van der Waals surface area contributed by atoms with Crippen LogP contribution in [0.25, 0.3) is 0 Å². The maximum absolute atomic E-state index is 9.88. The number of carbonyl (C=O) groups excluding carboxylic acids is 1. The van der Waals surface area contributed by atoms with E-state index in [1.165, 1.54) is 0 Å². The quantitative estimate of drug-likeness (QED) is 0.297. The summed E-state index contributed by atoms with van der Waals surface area (Å²) in [5.41, 5.74) is 0. The monoisotopic (exact) mass is 230 g/mol. The predicted molar refractivity (Wildman–Crippen MR) is 43.1 cm³/mol. The Morgan fingerprint density at radius 2 is 1.57 bits per heavy atom. The molecule has 14 heavy (non-hydrogen) atoms. The van der Waals surface area contributed by atoms with Gasteiger partial charge in [-0.15, -0.1) is 0 Å². The third-order valence-electron chi connectivity index (χ3n) is 1.17. The largest absolute Gasteiger partial charge is 1.00 e. The van der Waals surface area contributed by atoms with Crippen LogP contribution in [0.2, 0.25) is 0 Å². The van der Waals surface area contributed by atoms with E-state index < -0.39 is 5.97 Å². The van der Waals surface area contributed by atoms with Gasteiger partial charge in [0.25, 0.3) is 0 Å². The van der Waals surface area contributed by atoms with Crippen LogP contribution in [-0.4, -0.2) is 45.6 Å². The van der Waals surface area contributed by atoms with Crippen molar-refractivity contribution in [2.24, 2.45) is 0 Å². The summed E-state index contributed by atoms with van der Waals surface area (Å²) in [5, 5.41) is 9.88. The molecule has 0 radical (unpaired) electrons. The van der Waals surface area contributed by atoms with Crippen molar-refractivity contribution in [2.45, 2.75) is 6.92 Å². The molecule has 0 aromatic carbocycles. The zero-order chi connectivity index (χ0) is 9.94. The Bertz CT molecular complexity index is 131. The van der Waals surface area contributed by atoms with Gasteiger partial charge < -0.3 is 24.1 Å². The van der Waals surface area contributed by atoms with Crippen LogP contribution in [0.15, 0.2) is 0 Å². The first-order valence-corrected chi connectivity index (χ1v) is 4.20. The van der Waals surface area contributed by atoms with Gasteiger partial charge in [-0.05, 0) is 6.92 Å². The summed E-state index contributed by atoms with van der Waals surface area (Å²) in [5.74, 6) is -1.21. The topological polar surface area (TPSA) is 67.8 Å². The van der Waals surface area contributed by atoms with E-state index in [1.807, 2.05) is 6.92 Å². The number of rotatable bonds is 9. The van der Waals surface area contributed by atoms with Gasteiger partial charge in [0.15, 0.2) is 0 Å². The third-order valence-corrected chi connectivity index (χ3v) is 1.17. The summed E-state index contributed by atoms with van der Waals surface area (Å²) in [6.07, 6.45) is 0. The maximum atomic E-state index is 9.88. The van der Waals surface area contributed by atoms with Gasteiger partial charge in [0.05, 0.1) is 39.0 Å².